The zero-order chi connectivity index (χ0) is 13.8. The van der Waals surface area contributed by atoms with Gasteiger partial charge in [0.05, 0.1) is 12.8 Å². The molecule has 2 aromatic rings. The van der Waals surface area contributed by atoms with Gasteiger partial charge in [-0.1, -0.05) is 13.0 Å². The molecule has 1 N–H and O–H groups in total. The molecule has 98 valence electrons. The lowest BCUT2D eigenvalue weighted by atomic mass is 10.0. The van der Waals surface area contributed by atoms with Crippen molar-refractivity contribution >= 4 is 5.97 Å². The number of methoxy groups -OCH3 is 1. The van der Waals surface area contributed by atoms with Gasteiger partial charge in [0.15, 0.2) is 0 Å². The molecule has 0 atom stereocenters. The molecule has 0 aliphatic carbocycles. The van der Waals surface area contributed by atoms with Crippen LogP contribution in [-0.2, 0) is 6.42 Å². The Kier molecular flexibility index (Phi) is 3.80. The van der Waals surface area contributed by atoms with E-state index >= 15 is 0 Å². The molecule has 4 heteroatoms. The third-order valence-corrected chi connectivity index (χ3v) is 2.93. The van der Waals surface area contributed by atoms with Crippen molar-refractivity contribution in [3.05, 3.63) is 47.7 Å². The Hall–Kier alpha value is -2.36. The molecule has 1 aromatic carbocycles. The minimum Gasteiger partial charge on any atom is -0.496 e. The Morgan fingerprint density at radius 3 is 2.74 bits per heavy atom. The normalized spacial score (nSPS) is 10.2. The first-order chi connectivity index (χ1) is 9.15. The Balaban J connectivity index is 2.47. The largest absolute Gasteiger partial charge is 0.496 e. The quantitative estimate of drug-likeness (QED) is 0.914. The second kappa shape index (κ2) is 5.52. The maximum atomic E-state index is 10.9. The zero-order valence-electron chi connectivity index (χ0n) is 10.9. The van der Waals surface area contributed by atoms with E-state index in [1.54, 1.807) is 19.2 Å². The molecule has 0 amide bonds. The number of ether oxygens (including phenoxy) is 1. The van der Waals surface area contributed by atoms with Gasteiger partial charge in [0.25, 0.3) is 0 Å². The molecule has 0 saturated carbocycles. The number of aryl methyl sites for hydroxylation is 1. The van der Waals surface area contributed by atoms with Gasteiger partial charge in [0.1, 0.15) is 11.4 Å². The molecule has 4 nitrogen and oxygen atoms in total. The number of carboxylic acid groups (broad SMARTS) is 1. The monoisotopic (exact) mass is 257 g/mol. The first kappa shape index (κ1) is 13.1. The summed E-state index contributed by atoms with van der Waals surface area (Å²) in [6.07, 6.45) is 0.843. The summed E-state index contributed by atoms with van der Waals surface area (Å²) in [5, 5.41) is 8.96. The van der Waals surface area contributed by atoms with E-state index < -0.39 is 5.97 Å². The van der Waals surface area contributed by atoms with E-state index in [1.807, 2.05) is 25.1 Å². The maximum Gasteiger partial charge on any atom is 0.354 e. The van der Waals surface area contributed by atoms with Crippen LogP contribution in [0.4, 0.5) is 0 Å². The van der Waals surface area contributed by atoms with Gasteiger partial charge in [-0.05, 0) is 42.3 Å². The number of pyridine rings is 1. The lowest BCUT2D eigenvalue weighted by Gasteiger charge is -2.09. The molecule has 0 saturated heterocycles. The number of benzene rings is 1. The maximum absolute atomic E-state index is 10.9. The third kappa shape index (κ3) is 2.73. The average molecular weight is 257 g/mol. The number of aromatic carboxylic acids is 1. The van der Waals surface area contributed by atoms with Crippen molar-refractivity contribution in [3.63, 3.8) is 0 Å². The standard InChI is InChI=1S/C15H15NO3/c1-3-10-9-11(7-8-14(10)19-2)12-5-4-6-13(16-12)15(17)18/h4-9H,3H2,1-2H3,(H,17,18). The van der Waals surface area contributed by atoms with E-state index in [-0.39, 0.29) is 5.69 Å². The fourth-order valence-electron chi connectivity index (χ4n) is 1.93. The first-order valence-electron chi connectivity index (χ1n) is 6.03. The third-order valence-electron chi connectivity index (χ3n) is 2.93. The number of hydrogen-bond acceptors (Lipinski definition) is 3. The van der Waals surface area contributed by atoms with Crippen LogP contribution in [0.5, 0.6) is 5.75 Å². The molecule has 0 aliphatic heterocycles. The van der Waals surface area contributed by atoms with Gasteiger partial charge in [-0.3, -0.25) is 0 Å². The van der Waals surface area contributed by atoms with Gasteiger partial charge >= 0.3 is 5.97 Å². The molecule has 0 fully saturated rings. The molecule has 0 spiro atoms. The highest BCUT2D eigenvalue weighted by molar-refractivity contribution is 5.86. The van der Waals surface area contributed by atoms with Gasteiger partial charge in [0.2, 0.25) is 0 Å². The molecule has 19 heavy (non-hydrogen) atoms. The van der Waals surface area contributed by atoms with Crippen molar-refractivity contribution in [2.45, 2.75) is 13.3 Å². The Bertz CT molecular complexity index is 608. The van der Waals surface area contributed by atoms with Crippen molar-refractivity contribution < 1.29 is 14.6 Å². The molecule has 0 bridgehead atoms. The number of carboxylic acids is 1. The second-order valence-corrected chi connectivity index (χ2v) is 4.09. The molecule has 1 aromatic heterocycles. The van der Waals surface area contributed by atoms with Crippen LogP contribution in [0.25, 0.3) is 11.3 Å². The van der Waals surface area contributed by atoms with Crippen LogP contribution in [-0.4, -0.2) is 23.2 Å². The Morgan fingerprint density at radius 1 is 1.32 bits per heavy atom. The van der Waals surface area contributed by atoms with Gasteiger partial charge < -0.3 is 9.84 Å². The van der Waals surface area contributed by atoms with Crippen molar-refractivity contribution in [3.8, 4) is 17.0 Å². The van der Waals surface area contributed by atoms with Gasteiger partial charge in [-0.25, -0.2) is 9.78 Å². The number of aromatic nitrogens is 1. The fourth-order valence-corrected chi connectivity index (χ4v) is 1.93. The summed E-state index contributed by atoms with van der Waals surface area (Å²) in [5.41, 5.74) is 2.66. The van der Waals surface area contributed by atoms with Crippen molar-refractivity contribution in [1.29, 1.82) is 0 Å². The molecule has 2 rings (SSSR count). The lowest BCUT2D eigenvalue weighted by Crippen LogP contribution is -2.00. The second-order valence-electron chi connectivity index (χ2n) is 4.09. The number of hydrogen-bond donors (Lipinski definition) is 1. The topological polar surface area (TPSA) is 59.4 Å². The molecule has 1 heterocycles. The molecular formula is C15H15NO3. The van der Waals surface area contributed by atoms with Gasteiger partial charge in [-0.15, -0.1) is 0 Å². The first-order valence-corrected chi connectivity index (χ1v) is 6.03. The van der Waals surface area contributed by atoms with Crippen LogP contribution in [0, 0.1) is 0 Å². The number of rotatable bonds is 4. The molecule has 0 unspecified atom stereocenters. The van der Waals surface area contributed by atoms with E-state index in [2.05, 4.69) is 4.98 Å². The van der Waals surface area contributed by atoms with E-state index in [4.69, 9.17) is 9.84 Å². The number of nitrogens with zero attached hydrogens (tertiary/aromatic N) is 1. The molecular weight excluding hydrogens is 242 g/mol. The summed E-state index contributed by atoms with van der Waals surface area (Å²) in [6, 6.07) is 10.7. The van der Waals surface area contributed by atoms with E-state index in [0.29, 0.717) is 5.69 Å². The Morgan fingerprint density at radius 2 is 2.11 bits per heavy atom. The molecule has 0 radical (unpaired) electrons. The predicted molar refractivity (Wildman–Crippen MR) is 72.6 cm³/mol. The Labute approximate surface area is 111 Å². The van der Waals surface area contributed by atoms with E-state index in [0.717, 1.165) is 23.3 Å². The van der Waals surface area contributed by atoms with Crippen LogP contribution in [0.2, 0.25) is 0 Å². The van der Waals surface area contributed by atoms with Crippen molar-refractivity contribution in [2.24, 2.45) is 0 Å². The predicted octanol–water partition coefficient (Wildman–Crippen LogP) is 3.02. The minimum absolute atomic E-state index is 0.0476. The highest BCUT2D eigenvalue weighted by atomic mass is 16.5. The zero-order valence-corrected chi connectivity index (χ0v) is 10.9. The summed E-state index contributed by atoms with van der Waals surface area (Å²) in [4.78, 5) is 15.1. The summed E-state index contributed by atoms with van der Waals surface area (Å²) >= 11 is 0. The van der Waals surface area contributed by atoms with Crippen LogP contribution in [0.1, 0.15) is 23.0 Å². The van der Waals surface area contributed by atoms with Crippen LogP contribution in [0.15, 0.2) is 36.4 Å². The average Bonchev–Trinajstić information content (AvgIpc) is 2.46. The number of carbonyl (C=O) groups is 1. The van der Waals surface area contributed by atoms with E-state index in [9.17, 15) is 4.79 Å². The summed E-state index contributed by atoms with van der Waals surface area (Å²) in [7, 11) is 1.64. The highest BCUT2D eigenvalue weighted by Gasteiger charge is 2.08. The van der Waals surface area contributed by atoms with Crippen LogP contribution in [0.3, 0.4) is 0 Å². The van der Waals surface area contributed by atoms with Gasteiger partial charge in [-0.2, -0.15) is 0 Å². The van der Waals surface area contributed by atoms with Crippen molar-refractivity contribution in [1.82, 2.24) is 4.98 Å². The van der Waals surface area contributed by atoms with E-state index in [1.165, 1.54) is 6.07 Å². The fraction of sp³-hybridized carbons (Fsp3) is 0.200. The summed E-state index contributed by atoms with van der Waals surface area (Å²) < 4.78 is 5.27. The molecule has 0 aliphatic rings. The van der Waals surface area contributed by atoms with Gasteiger partial charge in [0, 0.05) is 5.56 Å². The van der Waals surface area contributed by atoms with Crippen LogP contribution >= 0.6 is 0 Å². The van der Waals surface area contributed by atoms with Crippen molar-refractivity contribution in [2.75, 3.05) is 7.11 Å². The summed E-state index contributed by atoms with van der Waals surface area (Å²) in [5.74, 6) is -0.188. The SMILES string of the molecule is CCc1cc(-c2cccc(C(=O)O)n2)ccc1OC. The summed E-state index contributed by atoms with van der Waals surface area (Å²) in [6.45, 7) is 2.04. The smallest absolute Gasteiger partial charge is 0.354 e. The minimum atomic E-state index is -1.02. The van der Waals surface area contributed by atoms with Crippen LogP contribution < -0.4 is 4.74 Å². The highest BCUT2D eigenvalue weighted by Crippen LogP contribution is 2.26. The lowest BCUT2D eigenvalue weighted by molar-refractivity contribution is 0.0690.